The molecule has 1 unspecified atom stereocenters. The molecule has 2 aromatic carbocycles. The fraction of sp³-hybridized carbons (Fsp3) is 0.143. The van der Waals surface area contributed by atoms with Gasteiger partial charge in [-0.3, -0.25) is 14.3 Å². The van der Waals surface area contributed by atoms with Crippen LogP contribution >= 0.6 is 11.6 Å². The first-order valence-corrected chi connectivity index (χ1v) is 10.7. The number of carbonyl (C=O) groups is 2. The molecule has 150 valence electrons. The Labute approximate surface area is 174 Å². The van der Waals surface area contributed by atoms with E-state index < -0.39 is 10.0 Å². The first-order valence-electron chi connectivity index (χ1n) is 8.84. The van der Waals surface area contributed by atoms with Crippen molar-refractivity contribution in [1.29, 1.82) is 0 Å². The Morgan fingerprint density at radius 1 is 1.07 bits per heavy atom. The number of halogens is 1. The standard InChI is InChI=1S/C21H19ClN2O4S/c1-14(25)23-17-8-10-18(11-9-17)29(27,28)24-20-12-7-16(22)13-19(20)21(26)15-5-3-2-4-6-15/h2-5,7-13,15,24H,6H2,1H3,(H,23,25). The van der Waals surface area contributed by atoms with E-state index in [1.807, 2.05) is 12.2 Å². The molecule has 29 heavy (non-hydrogen) atoms. The maximum absolute atomic E-state index is 12.9. The minimum atomic E-state index is -3.95. The maximum Gasteiger partial charge on any atom is 0.261 e. The van der Waals surface area contributed by atoms with Crippen LogP contribution in [0.2, 0.25) is 5.02 Å². The highest BCUT2D eigenvalue weighted by atomic mass is 35.5. The van der Waals surface area contributed by atoms with Crippen molar-refractivity contribution in [2.24, 2.45) is 5.92 Å². The van der Waals surface area contributed by atoms with Gasteiger partial charge in [0, 0.05) is 29.1 Å². The molecule has 0 aromatic heterocycles. The molecule has 0 aliphatic heterocycles. The molecule has 0 spiro atoms. The summed E-state index contributed by atoms with van der Waals surface area (Å²) in [6.45, 7) is 1.36. The third-order valence-corrected chi connectivity index (χ3v) is 5.91. The highest BCUT2D eigenvalue weighted by Crippen LogP contribution is 2.28. The smallest absolute Gasteiger partial charge is 0.261 e. The van der Waals surface area contributed by atoms with Gasteiger partial charge in [0.25, 0.3) is 10.0 Å². The lowest BCUT2D eigenvalue weighted by Crippen LogP contribution is -2.19. The molecule has 2 aromatic rings. The molecule has 3 rings (SSSR count). The number of hydrogen-bond donors (Lipinski definition) is 2. The van der Waals surface area contributed by atoms with E-state index in [9.17, 15) is 18.0 Å². The Morgan fingerprint density at radius 3 is 2.41 bits per heavy atom. The second-order valence-corrected chi connectivity index (χ2v) is 8.64. The minimum Gasteiger partial charge on any atom is -0.326 e. The van der Waals surface area contributed by atoms with Crippen molar-refractivity contribution < 1.29 is 18.0 Å². The predicted octanol–water partition coefficient (Wildman–Crippen LogP) is 4.41. The fourth-order valence-corrected chi connectivity index (χ4v) is 4.16. The monoisotopic (exact) mass is 430 g/mol. The van der Waals surface area contributed by atoms with Gasteiger partial charge < -0.3 is 5.32 Å². The van der Waals surface area contributed by atoms with E-state index in [2.05, 4.69) is 10.0 Å². The molecular formula is C21H19ClN2O4S. The summed E-state index contributed by atoms with van der Waals surface area (Å²) in [5.74, 6) is -0.847. The number of Topliss-reactive ketones (excluding diaryl/α,β-unsaturated/α-hetero) is 1. The van der Waals surface area contributed by atoms with Crippen LogP contribution in [0.25, 0.3) is 0 Å². The summed E-state index contributed by atoms with van der Waals surface area (Å²) < 4.78 is 28.1. The van der Waals surface area contributed by atoms with Crippen molar-refractivity contribution in [1.82, 2.24) is 0 Å². The molecule has 0 heterocycles. The third-order valence-electron chi connectivity index (χ3n) is 4.29. The average molecular weight is 431 g/mol. The fourth-order valence-electron chi connectivity index (χ4n) is 2.91. The van der Waals surface area contributed by atoms with Gasteiger partial charge in [0.05, 0.1) is 10.6 Å². The zero-order valence-electron chi connectivity index (χ0n) is 15.6. The lowest BCUT2D eigenvalue weighted by atomic mass is 9.91. The van der Waals surface area contributed by atoms with E-state index in [4.69, 9.17) is 11.6 Å². The van der Waals surface area contributed by atoms with Gasteiger partial charge in [-0.15, -0.1) is 0 Å². The van der Waals surface area contributed by atoms with E-state index in [-0.39, 0.29) is 33.8 Å². The molecule has 0 radical (unpaired) electrons. The first-order chi connectivity index (χ1) is 13.8. The molecule has 0 saturated carbocycles. The number of sulfonamides is 1. The Bertz CT molecular complexity index is 1110. The van der Waals surface area contributed by atoms with Crippen LogP contribution in [-0.4, -0.2) is 20.1 Å². The van der Waals surface area contributed by atoms with Gasteiger partial charge in [0.15, 0.2) is 5.78 Å². The highest BCUT2D eigenvalue weighted by Gasteiger charge is 2.23. The van der Waals surface area contributed by atoms with Crippen molar-refractivity contribution in [2.75, 3.05) is 10.0 Å². The summed E-state index contributed by atoms with van der Waals surface area (Å²) in [7, 11) is -3.95. The molecule has 1 amide bonds. The van der Waals surface area contributed by atoms with Crippen molar-refractivity contribution in [3.63, 3.8) is 0 Å². The molecule has 0 saturated heterocycles. The molecule has 1 aliphatic carbocycles. The lowest BCUT2D eigenvalue weighted by molar-refractivity contribution is -0.114. The summed E-state index contributed by atoms with van der Waals surface area (Å²) >= 11 is 6.05. The van der Waals surface area contributed by atoms with Crippen molar-refractivity contribution >= 4 is 44.7 Å². The van der Waals surface area contributed by atoms with Gasteiger partial charge in [-0.1, -0.05) is 35.9 Å². The first kappa shape index (κ1) is 20.8. The van der Waals surface area contributed by atoms with E-state index in [0.717, 1.165) is 0 Å². The van der Waals surface area contributed by atoms with Crippen LogP contribution in [0.15, 0.2) is 71.7 Å². The average Bonchev–Trinajstić information content (AvgIpc) is 2.69. The number of anilines is 2. The van der Waals surface area contributed by atoms with E-state index in [1.165, 1.54) is 49.4 Å². The molecule has 1 atom stereocenters. The highest BCUT2D eigenvalue weighted by molar-refractivity contribution is 7.92. The number of nitrogens with one attached hydrogen (secondary N) is 2. The number of hydrogen-bond acceptors (Lipinski definition) is 4. The van der Waals surface area contributed by atoms with Crippen molar-refractivity contribution in [3.8, 4) is 0 Å². The van der Waals surface area contributed by atoms with E-state index >= 15 is 0 Å². The SMILES string of the molecule is CC(=O)Nc1ccc(S(=O)(=O)Nc2ccc(Cl)cc2C(=O)C2C=CC=CC2)cc1. The summed E-state index contributed by atoms with van der Waals surface area (Å²) in [5.41, 5.74) is 0.852. The van der Waals surface area contributed by atoms with Gasteiger partial charge >= 0.3 is 0 Å². The Morgan fingerprint density at radius 2 is 1.79 bits per heavy atom. The van der Waals surface area contributed by atoms with Crippen LogP contribution in [0, 0.1) is 5.92 Å². The third kappa shape index (κ3) is 5.13. The Kier molecular flexibility index (Phi) is 6.20. The molecular weight excluding hydrogens is 412 g/mol. The number of carbonyl (C=O) groups excluding carboxylic acids is 2. The molecule has 8 heteroatoms. The predicted molar refractivity (Wildman–Crippen MR) is 114 cm³/mol. The largest absolute Gasteiger partial charge is 0.326 e. The molecule has 6 nitrogen and oxygen atoms in total. The molecule has 0 bridgehead atoms. The summed E-state index contributed by atoms with van der Waals surface area (Å²) in [5, 5.41) is 2.91. The van der Waals surface area contributed by atoms with Gasteiger partial charge in [-0.2, -0.15) is 0 Å². The molecule has 2 N–H and O–H groups in total. The van der Waals surface area contributed by atoms with Gasteiger partial charge in [0.2, 0.25) is 5.91 Å². The van der Waals surface area contributed by atoms with E-state index in [1.54, 1.807) is 12.2 Å². The number of rotatable bonds is 6. The van der Waals surface area contributed by atoms with Crippen LogP contribution in [-0.2, 0) is 14.8 Å². The van der Waals surface area contributed by atoms with Gasteiger partial charge in [0.1, 0.15) is 0 Å². The zero-order valence-corrected chi connectivity index (χ0v) is 17.1. The van der Waals surface area contributed by atoms with Crippen LogP contribution in [0.1, 0.15) is 23.7 Å². The quantitative estimate of drug-likeness (QED) is 0.663. The summed E-state index contributed by atoms with van der Waals surface area (Å²) in [6, 6.07) is 10.2. The topological polar surface area (TPSA) is 92.3 Å². The van der Waals surface area contributed by atoms with Crippen LogP contribution < -0.4 is 10.0 Å². The second-order valence-electron chi connectivity index (χ2n) is 6.52. The minimum absolute atomic E-state index is 0.000413. The maximum atomic E-state index is 12.9. The Balaban J connectivity index is 1.89. The summed E-state index contributed by atoms with van der Waals surface area (Å²) in [4.78, 5) is 24.0. The lowest BCUT2D eigenvalue weighted by Gasteiger charge is -2.16. The van der Waals surface area contributed by atoms with Crippen LogP contribution in [0.5, 0.6) is 0 Å². The number of allylic oxidation sites excluding steroid dienone is 4. The normalized spacial score (nSPS) is 15.7. The Hall–Kier alpha value is -2.90. The number of amides is 1. The zero-order chi connectivity index (χ0) is 21.0. The van der Waals surface area contributed by atoms with Gasteiger partial charge in [-0.25, -0.2) is 8.42 Å². The number of ketones is 1. The van der Waals surface area contributed by atoms with E-state index in [0.29, 0.717) is 17.1 Å². The number of benzene rings is 2. The molecule has 0 fully saturated rings. The van der Waals surface area contributed by atoms with Crippen LogP contribution in [0.4, 0.5) is 11.4 Å². The van der Waals surface area contributed by atoms with Gasteiger partial charge in [-0.05, 0) is 48.9 Å². The van der Waals surface area contributed by atoms with Crippen LogP contribution in [0.3, 0.4) is 0 Å². The summed E-state index contributed by atoms with van der Waals surface area (Å²) in [6.07, 6.45) is 7.85. The van der Waals surface area contributed by atoms with Crippen molar-refractivity contribution in [2.45, 2.75) is 18.2 Å². The van der Waals surface area contributed by atoms with Crippen molar-refractivity contribution in [3.05, 3.63) is 77.4 Å². The second kappa shape index (κ2) is 8.63. The molecule has 1 aliphatic rings.